The molecule has 2 amide bonds. The fourth-order valence-electron chi connectivity index (χ4n) is 4.80. The first kappa shape index (κ1) is 22.1. The number of carboxylic acids is 1. The molecule has 0 unspecified atom stereocenters. The third-order valence-electron chi connectivity index (χ3n) is 6.38. The molecule has 2 aliphatic heterocycles. The van der Waals surface area contributed by atoms with E-state index in [0.717, 1.165) is 19.3 Å². The number of thioether (sulfide) groups is 1. The number of anilines is 1. The second kappa shape index (κ2) is 8.46. The third-order valence-corrected chi connectivity index (χ3v) is 8.63. The molecule has 1 saturated carbocycles. The van der Waals surface area contributed by atoms with Gasteiger partial charge in [0.05, 0.1) is 11.3 Å². The molecular formula is C21H28N4O4S2. The zero-order chi connectivity index (χ0) is 22.3. The molecular weight excluding hydrogens is 436 g/mol. The van der Waals surface area contributed by atoms with Crippen molar-refractivity contribution < 1.29 is 19.5 Å². The number of nitrogens with two attached hydrogens (primary N) is 1. The molecule has 0 bridgehead atoms. The lowest BCUT2D eigenvalue weighted by molar-refractivity contribution is -0.160. The minimum absolute atomic E-state index is 0.353. The number of amides is 2. The molecule has 1 aromatic rings. The van der Waals surface area contributed by atoms with E-state index in [1.54, 1.807) is 5.38 Å². The number of β-lactam (4-membered cyclic amide) rings is 1. The number of fused-ring (bicyclic) bond motifs is 1. The first-order chi connectivity index (χ1) is 14.7. The van der Waals surface area contributed by atoms with Gasteiger partial charge >= 0.3 is 5.97 Å². The van der Waals surface area contributed by atoms with E-state index in [1.807, 2.05) is 19.9 Å². The Labute approximate surface area is 189 Å². The van der Waals surface area contributed by atoms with E-state index >= 15 is 0 Å². The fraction of sp³-hybridized carbons (Fsp3) is 0.619. The highest BCUT2D eigenvalue weighted by Crippen LogP contribution is 2.50. The summed E-state index contributed by atoms with van der Waals surface area (Å²) in [6, 6.07) is -1.64. The number of carbonyl (C=O) groups excluding carboxylic acids is 2. The largest absolute Gasteiger partial charge is 0.480 e. The molecule has 3 heterocycles. The van der Waals surface area contributed by atoms with E-state index in [1.165, 1.54) is 47.3 Å². The highest BCUT2D eigenvalue weighted by Gasteiger charge is 2.64. The predicted molar refractivity (Wildman–Crippen MR) is 121 cm³/mol. The molecule has 1 aliphatic carbocycles. The van der Waals surface area contributed by atoms with E-state index in [-0.39, 0.29) is 17.2 Å². The highest BCUT2D eigenvalue weighted by molar-refractivity contribution is 8.01. The molecule has 0 aromatic carbocycles. The number of nitrogen functional groups attached to an aromatic ring is 1. The number of aromatic nitrogens is 1. The number of hydrogen-bond donors (Lipinski definition) is 3. The van der Waals surface area contributed by atoms with Crippen molar-refractivity contribution in [1.29, 1.82) is 0 Å². The average Bonchev–Trinajstić information content (AvgIpc) is 3.25. The van der Waals surface area contributed by atoms with Crippen LogP contribution >= 0.6 is 23.1 Å². The maximum Gasteiger partial charge on any atom is 0.327 e. The van der Waals surface area contributed by atoms with Gasteiger partial charge < -0.3 is 21.1 Å². The predicted octanol–water partition coefficient (Wildman–Crippen LogP) is 2.71. The van der Waals surface area contributed by atoms with Crippen LogP contribution < -0.4 is 11.1 Å². The van der Waals surface area contributed by atoms with Crippen molar-refractivity contribution in [2.24, 2.45) is 5.92 Å². The second-order valence-electron chi connectivity index (χ2n) is 8.98. The number of allylic oxidation sites excluding steroid dienone is 1. The number of nitrogens with zero attached hydrogens (tertiary/aromatic N) is 2. The first-order valence-corrected chi connectivity index (χ1v) is 12.4. The lowest BCUT2D eigenvalue weighted by atomic mass is 9.86. The molecule has 3 aliphatic rings. The summed E-state index contributed by atoms with van der Waals surface area (Å²) in [6.45, 7) is 3.63. The summed E-state index contributed by atoms with van der Waals surface area (Å²) in [6.07, 6.45) is 8.73. The van der Waals surface area contributed by atoms with Crippen molar-refractivity contribution in [3.8, 4) is 0 Å². The first-order valence-electron chi connectivity index (χ1n) is 10.6. The Morgan fingerprint density at radius 2 is 2.06 bits per heavy atom. The van der Waals surface area contributed by atoms with Gasteiger partial charge in [0.2, 0.25) is 5.91 Å². The molecule has 1 aromatic heterocycles. The minimum atomic E-state index is -1.02. The summed E-state index contributed by atoms with van der Waals surface area (Å²) < 4.78 is -0.630. The SMILES string of the molecule is CC1(C)S[C@@H]2[C@H](NC(=O)/C(=C\CC3CCCCC3)c3csc(N)n3)C(=O)N2[C@H]1C(=O)O. The topological polar surface area (TPSA) is 126 Å². The van der Waals surface area contributed by atoms with Gasteiger partial charge in [0.25, 0.3) is 5.91 Å². The average molecular weight is 465 g/mol. The Hall–Kier alpha value is -2.07. The van der Waals surface area contributed by atoms with Gasteiger partial charge in [-0.05, 0) is 26.2 Å². The molecule has 10 heteroatoms. The molecule has 31 heavy (non-hydrogen) atoms. The summed E-state index contributed by atoms with van der Waals surface area (Å²) in [5, 5.41) is 14.2. The Bertz CT molecular complexity index is 922. The van der Waals surface area contributed by atoms with Crippen molar-refractivity contribution in [3.63, 3.8) is 0 Å². The van der Waals surface area contributed by atoms with Crippen molar-refractivity contribution in [3.05, 3.63) is 17.2 Å². The number of hydrogen-bond acceptors (Lipinski definition) is 7. The van der Waals surface area contributed by atoms with Crippen LogP contribution in [0.25, 0.3) is 5.57 Å². The van der Waals surface area contributed by atoms with Crippen molar-refractivity contribution >= 4 is 51.6 Å². The normalized spacial score (nSPS) is 28.2. The minimum Gasteiger partial charge on any atom is -0.480 e. The van der Waals surface area contributed by atoms with Crippen LogP contribution in [0.1, 0.15) is 58.1 Å². The van der Waals surface area contributed by atoms with Gasteiger partial charge in [0.1, 0.15) is 17.5 Å². The number of rotatable bonds is 6. The summed E-state index contributed by atoms with van der Waals surface area (Å²) in [7, 11) is 0. The lowest BCUT2D eigenvalue weighted by Crippen LogP contribution is -2.70. The van der Waals surface area contributed by atoms with E-state index in [2.05, 4.69) is 10.3 Å². The Balaban J connectivity index is 1.50. The van der Waals surface area contributed by atoms with Crippen LogP contribution in [0.5, 0.6) is 0 Å². The zero-order valence-corrected chi connectivity index (χ0v) is 19.3. The molecule has 4 N–H and O–H groups in total. The summed E-state index contributed by atoms with van der Waals surface area (Å²) >= 11 is 2.68. The standard InChI is InChI=1S/C21H28N4O4S2/c1-21(2)15(19(28)29)25-17(27)14(18(25)31-21)24-16(26)12(13-10-30-20(22)23-13)9-8-11-6-4-3-5-7-11/h9-11,14-15,18H,3-8H2,1-2H3,(H2,22,23)(H,24,26)(H,28,29)/b12-9-/t14-,15+,18-/m1/s1. The number of carbonyl (C=O) groups is 3. The van der Waals surface area contributed by atoms with Gasteiger partial charge in [-0.3, -0.25) is 9.59 Å². The lowest BCUT2D eigenvalue weighted by Gasteiger charge is -2.43. The zero-order valence-electron chi connectivity index (χ0n) is 17.7. The fourth-order valence-corrected chi connectivity index (χ4v) is 6.99. The van der Waals surface area contributed by atoms with Crippen LogP contribution in [0.2, 0.25) is 0 Å². The van der Waals surface area contributed by atoms with Crippen molar-refractivity contribution in [1.82, 2.24) is 15.2 Å². The molecule has 3 fully saturated rings. The summed E-state index contributed by atoms with van der Waals surface area (Å²) in [5.41, 5.74) is 6.74. The van der Waals surface area contributed by atoms with Gasteiger partial charge in [-0.15, -0.1) is 23.1 Å². The Morgan fingerprint density at radius 1 is 1.35 bits per heavy atom. The maximum atomic E-state index is 13.2. The number of aliphatic carboxylic acids is 1. The van der Waals surface area contributed by atoms with Gasteiger partial charge in [-0.2, -0.15) is 0 Å². The second-order valence-corrected chi connectivity index (χ2v) is 11.6. The molecule has 3 atom stereocenters. The van der Waals surface area contributed by atoms with Crippen LogP contribution in [0.3, 0.4) is 0 Å². The molecule has 0 radical (unpaired) electrons. The third kappa shape index (κ3) is 4.19. The van der Waals surface area contributed by atoms with Crippen LogP contribution in [0, 0.1) is 5.92 Å². The molecule has 168 valence electrons. The molecule has 8 nitrogen and oxygen atoms in total. The quantitative estimate of drug-likeness (QED) is 0.436. The van der Waals surface area contributed by atoms with Gasteiger partial charge in [-0.1, -0.05) is 38.2 Å². The maximum absolute atomic E-state index is 13.2. The van der Waals surface area contributed by atoms with Crippen LogP contribution in [-0.2, 0) is 14.4 Å². The smallest absolute Gasteiger partial charge is 0.327 e. The van der Waals surface area contributed by atoms with Gasteiger partial charge in [-0.25, -0.2) is 9.78 Å². The summed E-state index contributed by atoms with van der Waals surface area (Å²) in [4.78, 5) is 43.3. The van der Waals surface area contributed by atoms with Crippen LogP contribution in [0.15, 0.2) is 11.5 Å². The molecule has 0 spiro atoms. The van der Waals surface area contributed by atoms with Crippen LogP contribution in [-0.4, -0.2) is 55.0 Å². The number of carboxylic acid groups (broad SMARTS) is 1. The van der Waals surface area contributed by atoms with Crippen LogP contribution in [0.4, 0.5) is 5.13 Å². The molecule has 2 saturated heterocycles. The number of nitrogens with one attached hydrogen (secondary N) is 1. The van der Waals surface area contributed by atoms with E-state index < -0.39 is 22.8 Å². The summed E-state index contributed by atoms with van der Waals surface area (Å²) in [5.74, 6) is -1.19. The van der Waals surface area contributed by atoms with Crippen molar-refractivity contribution in [2.75, 3.05) is 5.73 Å². The van der Waals surface area contributed by atoms with Gasteiger partial charge in [0, 0.05) is 10.1 Å². The highest BCUT2D eigenvalue weighted by atomic mass is 32.2. The Morgan fingerprint density at radius 3 is 2.68 bits per heavy atom. The number of thiazole rings is 1. The van der Waals surface area contributed by atoms with Crippen molar-refractivity contribution in [2.45, 2.75) is 74.6 Å². The Kier molecular flexibility index (Phi) is 6.04. The van der Waals surface area contributed by atoms with Gasteiger partial charge in [0.15, 0.2) is 5.13 Å². The molecule has 4 rings (SSSR count). The van der Waals surface area contributed by atoms with E-state index in [9.17, 15) is 19.5 Å². The van der Waals surface area contributed by atoms with E-state index in [0.29, 0.717) is 22.3 Å². The van der Waals surface area contributed by atoms with E-state index in [4.69, 9.17) is 5.73 Å². The monoisotopic (exact) mass is 464 g/mol.